The maximum absolute atomic E-state index is 12.6. The fraction of sp³-hybridized carbons (Fsp3) is 0.276. The van der Waals surface area contributed by atoms with E-state index in [1.54, 1.807) is 13.2 Å². The zero-order chi connectivity index (χ0) is 24.6. The molecule has 0 radical (unpaired) electrons. The first-order valence-electron chi connectivity index (χ1n) is 11.8. The highest BCUT2D eigenvalue weighted by atomic mass is 16.7. The average Bonchev–Trinajstić information content (AvgIpc) is 3.37. The van der Waals surface area contributed by atoms with Gasteiger partial charge in [-0.3, -0.25) is 4.79 Å². The van der Waals surface area contributed by atoms with Gasteiger partial charge in [-0.25, -0.2) is 0 Å². The topological polar surface area (TPSA) is 66.0 Å². The molecule has 0 bridgehead atoms. The summed E-state index contributed by atoms with van der Waals surface area (Å²) in [7, 11) is 1.63. The van der Waals surface area contributed by atoms with Crippen molar-refractivity contribution >= 4 is 12.0 Å². The van der Waals surface area contributed by atoms with E-state index in [-0.39, 0.29) is 18.7 Å². The van der Waals surface area contributed by atoms with E-state index in [0.717, 1.165) is 40.2 Å². The molecule has 35 heavy (non-hydrogen) atoms. The molecule has 182 valence electrons. The molecule has 0 fully saturated rings. The summed E-state index contributed by atoms with van der Waals surface area (Å²) in [6, 6.07) is 19.7. The third-order valence-corrected chi connectivity index (χ3v) is 6.03. The lowest BCUT2D eigenvalue weighted by atomic mass is 10.0. The second-order valence-corrected chi connectivity index (χ2v) is 8.42. The molecule has 1 unspecified atom stereocenters. The van der Waals surface area contributed by atoms with E-state index in [1.165, 1.54) is 0 Å². The molecule has 0 spiro atoms. The molecule has 6 heteroatoms. The van der Waals surface area contributed by atoms with Crippen molar-refractivity contribution in [1.29, 1.82) is 0 Å². The Bertz CT molecular complexity index is 1190. The van der Waals surface area contributed by atoms with Gasteiger partial charge in [0.15, 0.2) is 23.0 Å². The third kappa shape index (κ3) is 6.15. The van der Waals surface area contributed by atoms with E-state index in [4.69, 9.17) is 18.9 Å². The first kappa shape index (κ1) is 24.2. The van der Waals surface area contributed by atoms with Crippen LogP contribution in [-0.2, 0) is 17.8 Å². The van der Waals surface area contributed by atoms with Gasteiger partial charge < -0.3 is 24.3 Å². The lowest BCUT2D eigenvalue weighted by Crippen LogP contribution is -2.34. The summed E-state index contributed by atoms with van der Waals surface area (Å²) in [5.74, 6) is 2.71. The van der Waals surface area contributed by atoms with Crippen molar-refractivity contribution in [3.63, 3.8) is 0 Å². The van der Waals surface area contributed by atoms with Crippen molar-refractivity contribution in [3.8, 4) is 23.0 Å². The summed E-state index contributed by atoms with van der Waals surface area (Å²) in [4.78, 5) is 12.6. The van der Waals surface area contributed by atoms with Gasteiger partial charge in [0.05, 0.1) is 7.11 Å². The van der Waals surface area contributed by atoms with Crippen LogP contribution in [-0.4, -0.2) is 25.9 Å². The zero-order valence-electron chi connectivity index (χ0n) is 20.4. The third-order valence-electron chi connectivity index (χ3n) is 6.03. The normalized spacial score (nSPS) is 13.0. The van der Waals surface area contributed by atoms with Gasteiger partial charge in [-0.2, -0.15) is 0 Å². The number of ether oxygens (including phenoxy) is 4. The van der Waals surface area contributed by atoms with Crippen LogP contribution >= 0.6 is 0 Å². The maximum atomic E-state index is 12.6. The SMILES string of the molecule is CCC(Cc1ccc(OC)c(OCc2ccccc2)c1)NC(=O)/C=C/c1ccc2c(c1C)OCO2. The highest BCUT2D eigenvalue weighted by Gasteiger charge is 2.17. The van der Waals surface area contributed by atoms with Gasteiger partial charge in [-0.15, -0.1) is 0 Å². The highest BCUT2D eigenvalue weighted by molar-refractivity contribution is 5.92. The molecule has 0 aliphatic carbocycles. The van der Waals surface area contributed by atoms with Crippen molar-refractivity contribution in [2.75, 3.05) is 13.9 Å². The standard InChI is InChI=1S/C29H31NO5/c1-4-24(30-28(31)15-12-23-11-14-26-29(20(23)2)35-19-34-26)16-22-10-13-25(32-3)27(17-22)33-18-21-8-6-5-7-9-21/h5-15,17,24H,4,16,18-19H2,1-3H3,(H,30,31)/b15-12+. The fourth-order valence-electron chi connectivity index (χ4n) is 4.00. The summed E-state index contributed by atoms with van der Waals surface area (Å²) in [5.41, 5.74) is 4.03. The largest absolute Gasteiger partial charge is 0.493 e. The predicted octanol–water partition coefficient (Wildman–Crippen LogP) is 5.46. The highest BCUT2D eigenvalue weighted by Crippen LogP contribution is 2.37. The van der Waals surface area contributed by atoms with Gasteiger partial charge in [-0.05, 0) is 60.7 Å². The van der Waals surface area contributed by atoms with Gasteiger partial charge in [0.1, 0.15) is 6.61 Å². The molecule has 6 nitrogen and oxygen atoms in total. The minimum atomic E-state index is -0.136. The Balaban J connectivity index is 1.38. The van der Waals surface area contributed by atoms with Crippen LogP contribution in [0.3, 0.4) is 0 Å². The number of amides is 1. The second-order valence-electron chi connectivity index (χ2n) is 8.42. The number of carbonyl (C=O) groups is 1. The summed E-state index contributed by atoms with van der Waals surface area (Å²) in [6.45, 7) is 4.71. The van der Waals surface area contributed by atoms with Crippen LogP contribution in [0.15, 0.2) is 66.7 Å². The number of fused-ring (bicyclic) bond motifs is 1. The molecule has 1 amide bonds. The number of hydrogen-bond acceptors (Lipinski definition) is 5. The minimum Gasteiger partial charge on any atom is -0.493 e. The summed E-state index contributed by atoms with van der Waals surface area (Å²) in [5, 5.41) is 3.11. The molecule has 0 aromatic heterocycles. The molecular weight excluding hydrogens is 442 g/mol. The minimum absolute atomic E-state index is 0.0135. The molecular formula is C29H31NO5. The first-order chi connectivity index (χ1) is 17.1. The quantitative estimate of drug-likeness (QED) is 0.396. The van der Waals surface area contributed by atoms with Crippen LogP contribution in [0.5, 0.6) is 23.0 Å². The molecule has 1 aliphatic rings. The summed E-state index contributed by atoms with van der Waals surface area (Å²) in [6.07, 6.45) is 4.86. The number of nitrogens with one attached hydrogen (secondary N) is 1. The molecule has 1 N–H and O–H groups in total. The smallest absolute Gasteiger partial charge is 0.244 e. The molecule has 1 atom stereocenters. The van der Waals surface area contributed by atoms with Crippen molar-refractivity contribution in [2.45, 2.75) is 39.3 Å². The zero-order valence-corrected chi connectivity index (χ0v) is 20.4. The van der Waals surface area contributed by atoms with E-state index >= 15 is 0 Å². The number of methoxy groups -OCH3 is 1. The first-order valence-corrected chi connectivity index (χ1v) is 11.8. The van der Waals surface area contributed by atoms with Crippen LogP contribution in [0, 0.1) is 6.92 Å². The average molecular weight is 474 g/mol. The van der Waals surface area contributed by atoms with E-state index in [9.17, 15) is 4.79 Å². The number of carbonyl (C=O) groups excluding carboxylic acids is 1. The molecule has 0 saturated carbocycles. The molecule has 0 saturated heterocycles. The van der Waals surface area contributed by atoms with Crippen LogP contribution in [0.2, 0.25) is 0 Å². The number of rotatable bonds is 10. The molecule has 4 rings (SSSR count). The molecule has 3 aromatic carbocycles. The van der Waals surface area contributed by atoms with E-state index in [2.05, 4.69) is 12.2 Å². The Morgan fingerprint density at radius 3 is 2.66 bits per heavy atom. The lowest BCUT2D eigenvalue weighted by molar-refractivity contribution is -0.117. The Hall–Kier alpha value is -3.93. The van der Waals surface area contributed by atoms with E-state index in [0.29, 0.717) is 24.5 Å². The van der Waals surface area contributed by atoms with Crippen molar-refractivity contribution in [1.82, 2.24) is 5.32 Å². The Morgan fingerprint density at radius 1 is 1.06 bits per heavy atom. The van der Waals surface area contributed by atoms with E-state index < -0.39 is 0 Å². The lowest BCUT2D eigenvalue weighted by Gasteiger charge is -2.18. The van der Waals surface area contributed by atoms with Crippen molar-refractivity contribution in [3.05, 3.63) is 89.0 Å². The Morgan fingerprint density at radius 2 is 1.89 bits per heavy atom. The van der Waals surface area contributed by atoms with Gasteiger partial charge in [0.2, 0.25) is 12.7 Å². The Kier molecular flexibility index (Phi) is 7.93. The van der Waals surface area contributed by atoms with E-state index in [1.807, 2.05) is 73.7 Å². The fourth-order valence-corrected chi connectivity index (χ4v) is 4.00. The summed E-state index contributed by atoms with van der Waals surface area (Å²) < 4.78 is 22.4. The van der Waals surface area contributed by atoms with Gasteiger partial charge >= 0.3 is 0 Å². The number of benzene rings is 3. The van der Waals surface area contributed by atoms with Gasteiger partial charge in [-0.1, -0.05) is 49.4 Å². The van der Waals surface area contributed by atoms with Gasteiger partial charge in [0.25, 0.3) is 0 Å². The monoisotopic (exact) mass is 473 g/mol. The number of hydrogen-bond donors (Lipinski definition) is 1. The van der Waals surface area contributed by atoms with Crippen LogP contribution in [0.25, 0.3) is 6.08 Å². The molecule has 1 heterocycles. The van der Waals surface area contributed by atoms with Crippen LogP contribution in [0.1, 0.15) is 35.6 Å². The summed E-state index contributed by atoms with van der Waals surface area (Å²) >= 11 is 0. The molecule has 3 aromatic rings. The maximum Gasteiger partial charge on any atom is 0.244 e. The predicted molar refractivity (Wildman–Crippen MR) is 136 cm³/mol. The second kappa shape index (κ2) is 11.5. The van der Waals surface area contributed by atoms with Gasteiger partial charge in [0, 0.05) is 17.7 Å². The van der Waals surface area contributed by atoms with Crippen LogP contribution in [0.4, 0.5) is 0 Å². The molecule has 1 aliphatic heterocycles. The Labute approximate surface area is 206 Å². The van der Waals surface area contributed by atoms with Crippen molar-refractivity contribution < 1.29 is 23.7 Å². The van der Waals surface area contributed by atoms with Crippen molar-refractivity contribution in [2.24, 2.45) is 0 Å². The van der Waals surface area contributed by atoms with Crippen LogP contribution < -0.4 is 24.3 Å².